The summed E-state index contributed by atoms with van der Waals surface area (Å²) in [5.74, 6) is 0.0657. The van der Waals surface area contributed by atoms with Crippen LogP contribution in [0.2, 0.25) is 0 Å². The summed E-state index contributed by atoms with van der Waals surface area (Å²) in [6, 6.07) is 6.90. The fraction of sp³-hybridized carbons (Fsp3) is 0.471. The number of hydrogen-bond donors (Lipinski definition) is 1. The van der Waals surface area contributed by atoms with Gasteiger partial charge in [-0.25, -0.2) is 13.4 Å². The van der Waals surface area contributed by atoms with Gasteiger partial charge in [0, 0.05) is 24.8 Å². The maximum atomic E-state index is 12.6. The van der Waals surface area contributed by atoms with E-state index in [4.69, 9.17) is 0 Å². The molecule has 1 fully saturated rings. The maximum Gasteiger partial charge on any atom is 0.427 e. The molecule has 0 saturated carbocycles. The zero-order valence-corrected chi connectivity index (χ0v) is 16.3. The molecule has 0 bridgehead atoms. The fourth-order valence-electron chi connectivity index (χ4n) is 2.96. The molecule has 27 heavy (non-hydrogen) atoms. The fourth-order valence-corrected chi connectivity index (χ4v) is 4.60. The van der Waals surface area contributed by atoms with Crippen molar-refractivity contribution in [1.82, 2.24) is 4.98 Å². The molecule has 0 radical (unpaired) electrons. The van der Waals surface area contributed by atoms with Gasteiger partial charge in [-0.3, -0.25) is 0 Å². The van der Waals surface area contributed by atoms with Gasteiger partial charge in [-0.2, -0.15) is 13.2 Å². The molecule has 10 heteroatoms. The molecule has 1 N–H and O–H groups in total. The van der Waals surface area contributed by atoms with Crippen molar-refractivity contribution in [3.63, 3.8) is 0 Å². The van der Waals surface area contributed by atoms with E-state index in [2.05, 4.69) is 15.2 Å². The Balaban J connectivity index is 1.57. The van der Waals surface area contributed by atoms with E-state index in [1.165, 1.54) is 0 Å². The van der Waals surface area contributed by atoms with Crippen LogP contribution in [-0.2, 0) is 16.0 Å². The molecule has 3 rings (SSSR count). The predicted molar refractivity (Wildman–Crippen MR) is 100 cm³/mol. The number of rotatable bonds is 5. The van der Waals surface area contributed by atoms with Crippen LogP contribution < -0.4 is 10.2 Å². The normalized spacial score (nSPS) is 16.5. The van der Waals surface area contributed by atoms with Crippen LogP contribution in [0.25, 0.3) is 0 Å². The molecule has 0 atom stereocenters. The van der Waals surface area contributed by atoms with Crippen LogP contribution in [0.3, 0.4) is 0 Å². The Hall–Kier alpha value is -1.81. The summed E-state index contributed by atoms with van der Waals surface area (Å²) >= 11 is 0.619. The average molecular weight is 419 g/mol. The Labute approximate surface area is 160 Å². The number of halogens is 3. The third-order valence-electron chi connectivity index (χ3n) is 4.55. The molecule has 0 spiro atoms. The lowest BCUT2D eigenvalue weighted by molar-refractivity contribution is -0.134. The van der Waals surface area contributed by atoms with E-state index in [0.29, 0.717) is 16.2 Å². The predicted octanol–water partition coefficient (Wildman–Crippen LogP) is 4.04. The molecule has 2 heterocycles. The van der Waals surface area contributed by atoms with Crippen molar-refractivity contribution >= 4 is 32.0 Å². The van der Waals surface area contributed by atoms with Crippen molar-refractivity contribution in [1.29, 1.82) is 0 Å². The van der Waals surface area contributed by atoms with E-state index >= 15 is 0 Å². The molecular weight excluding hydrogens is 399 g/mol. The summed E-state index contributed by atoms with van der Waals surface area (Å²) in [6.07, 6.45) is -1.99. The lowest BCUT2D eigenvalue weighted by Gasteiger charge is -2.34. The summed E-state index contributed by atoms with van der Waals surface area (Å²) in [4.78, 5) is 5.56. The van der Waals surface area contributed by atoms with E-state index in [1.54, 1.807) is 31.2 Å². The quantitative estimate of drug-likeness (QED) is 0.793. The molecule has 1 aromatic heterocycles. The van der Waals surface area contributed by atoms with E-state index < -0.39 is 20.9 Å². The highest BCUT2D eigenvalue weighted by Gasteiger charge is 2.33. The molecule has 0 aliphatic carbocycles. The van der Waals surface area contributed by atoms with E-state index in [0.717, 1.165) is 37.8 Å². The van der Waals surface area contributed by atoms with Crippen LogP contribution in [-0.4, -0.2) is 38.3 Å². The number of benzene rings is 1. The molecular formula is C17H20F3N3O2S2. The molecule has 2 aromatic rings. The van der Waals surface area contributed by atoms with Gasteiger partial charge in [0.2, 0.25) is 0 Å². The van der Waals surface area contributed by atoms with Gasteiger partial charge in [-0.05, 0) is 37.1 Å². The van der Waals surface area contributed by atoms with Gasteiger partial charge in [0.05, 0.1) is 16.8 Å². The van der Waals surface area contributed by atoms with Gasteiger partial charge < -0.3 is 10.2 Å². The third-order valence-corrected chi connectivity index (χ3v) is 7.27. The SMILES string of the molecule is CCS(=O)(=O)c1ccc(N2CCC(Nc3ncc(C(F)(F)F)s3)CC2)cc1. The van der Waals surface area contributed by atoms with E-state index in [-0.39, 0.29) is 16.9 Å². The molecule has 148 valence electrons. The first kappa shape index (κ1) is 19.9. The number of nitrogens with one attached hydrogen (secondary N) is 1. The maximum absolute atomic E-state index is 12.6. The van der Waals surface area contributed by atoms with Gasteiger partial charge in [-0.15, -0.1) is 0 Å². The number of piperidine rings is 1. The van der Waals surface area contributed by atoms with Crippen LogP contribution in [0.1, 0.15) is 24.6 Å². The molecule has 5 nitrogen and oxygen atoms in total. The lowest BCUT2D eigenvalue weighted by atomic mass is 10.0. The second-order valence-corrected chi connectivity index (χ2v) is 9.64. The first-order chi connectivity index (χ1) is 12.7. The standard InChI is InChI=1S/C17H20F3N3O2S2/c1-2-27(24,25)14-5-3-13(4-6-14)23-9-7-12(8-10-23)22-16-21-11-15(26-16)17(18,19)20/h3-6,11-12H,2,7-10H2,1H3,(H,21,22). The largest absolute Gasteiger partial charge is 0.427 e. The van der Waals surface area contributed by atoms with Gasteiger partial charge in [0.15, 0.2) is 15.0 Å². The smallest absolute Gasteiger partial charge is 0.371 e. The molecule has 1 aliphatic heterocycles. The summed E-state index contributed by atoms with van der Waals surface area (Å²) in [5, 5.41) is 3.37. The van der Waals surface area contributed by atoms with E-state index in [1.807, 2.05) is 0 Å². The van der Waals surface area contributed by atoms with Crippen molar-refractivity contribution in [2.45, 2.75) is 36.9 Å². The number of nitrogens with zero attached hydrogens (tertiary/aromatic N) is 2. The van der Waals surface area contributed by atoms with Crippen molar-refractivity contribution in [3.8, 4) is 0 Å². The zero-order chi connectivity index (χ0) is 19.7. The van der Waals surface area contributed by atoms with Crippen LogP contribution in [0.4, 0.5) is 24.0 Å². The van der Waals surface area contributed by atoms with Crippen LogP contribution >= 0.6 is 11.3 Å². The highest BCUT2D eigenvalue weighted by molar-refractivity contribution is 7.91. The van der Waals surface area contributed by atoms with Crippen molar-refractivity contribution in [2.24, 2.45) is 0 Å². The first-order valence-electron chi connectivity index (χ1n) is 8.56. The monoisotopic (exact) mass is 419 g/mol. The van der Waals surface area contributed by atoms with Crippen LogP contribution in [0, 0.1) is 0 Å². The molecule has 1 aliphatic rings. The second-order valence-electron chi connectivity index (χ2n) is 6.33. The minimum Gasteiger partial charge on any atom is -0.371 e. The molecule has 1 saturated heterocycles. The Morgan fingerprint density at radius 2 is 1.85 bits per heavy atom. The second kappa shape index (κ2) is 7.67. The first-order valence-corrected chi connectivity index (χ1v) is 11.0. The van der Waals surface area contributed by atoms with Gasteiger partial charge in [0.1, 0.15) is 4.88 Å². The summed E-state index contributed by atoms with van der Waals surface area (Å²) in [5.41, 5.74) is 0.942. The summed E-state index contributed by atoms with van der Waals surface area (Å²) < 4.78 is 61.7. The topological polar surface area (TPSA) is 62.3 Å². The van der Waals surface area contributed by atoms with Crippen LogP contribution in [0.5, 0.6) is 0 Å². The van der Waals surface area contributed by atoms with Crippen molar-refractivity contribution < 1.29 is 21.6 Å². The number of alkyl halides is 3. The van der Waals surface area contributed by atoms with Gasteiger partial charge in [-0.1, -0.05) is 18.3 Å². The van der Waals surface area contributed by atoms with Gasteiger partial charge in [0.25, 0.3) is 0 Å². The number of aromatic nitrogens is 1. The summed E-state index contributed by atoms with van der Waals surface area (Å²) in [7, 11) is -3.21. The minimum absolute atomic E-state index is 0.0632. The Morgan fingerprint density at radius 1 is 1.22 bits per heavy atom. The number of sulfone groups is 1. The Morgan fingerprint density at radius 3 is 2.37 bits per heavy atom. The minimum atomic E-state index is -4.36. The highest BCUT2D eigenvalue weighted by Crippen LogP contribution is 2.35. The molecule has 0 unspecified atom stereocenters. The van der Waals surface area contributed by atoms with E-state index in [9.17, 15) is 21.6 Å². The molecule has 1 aromatic carbocycles. The molecule has 0 amide bonds. The Kier molecular flexibility index (Phi) is 5.66. The number of hydrogen-bond acceptors (Lipinski definition) is 6. The zero-order valence-electron chi connectivity index (χ0n) is 14.7. The highest BCUT2D eigenvalue weighted by atomic mass is 32.2. The average Bonchev–Trinajstić information content (AvgIpc) is 3.11. The Bertz CT molecular complexity index is 872. The lowest BCUT2D eigenvalue weighted by Crippen LogP contribution is -2.39. The third kappa shape index (κ3) is 4.73. The van der Waals surface area contributed by atoms with Crippen LogP contribution in [0.15, 0.2) is 35.4 Å². The number of anilines is 2. The number of thiazole rings is 1. The summed E-state index contributed by atoms with van der Waals surface area (Å²) in [6.45, 7) is 3.07. The van der Waals surface area contributed by atoms with Crippen molar-refractivity contribution in [3.05, 3.63) is 35.3 Å². The van der Waals surface area contributed by atoms with Gasteiger partial charge >= 0.3 is 6.18 Å². The van der Waals surface area contributed by atoms with Crippen molar-refractivity contribution in [2.75, 3.05) is 29.1 Å².